The van der Waals surface area contributed by atoms with Crippen molar-refractivity contribution in [2.45, 2.75) is 36.6 Å². The average molecular weight is 590 g/mol. The number of methoxy groups -OCH3 is 1. The number of anilines is 3. The number of benzene rings is 2. The van der Waals surface area contributed by atoms with E-state index in [4.69, 9.17) is 14.7 Å². The summed E-state index contributed by atoms with van der Waals surface area (Å²) in [6, 6.07) is 13.9. The Bertz CT molecular complexity index is 1580. The van der Waals surface area contributed by atoms with E-state index in [1.807, 2.05) is 0 Å². The van der Waals surface area contributed by atoms with Crippen molar-refractivity contribution in [3.05, 3.63) is 59.5 Å². The second-order valence-electron chi connectivity index (χ2n) is 11.4. The van der Waals surface area contributed by atoms with Crippen LogP contribution in [0.5, 0.6) is 5.75 Å². The Kier molecular flexibility index (Phi) is 8.15. The smallest absolute Gasteiger partial charge is 0.177 e. The van der Waals surface area contributed by atoms with E-state index in [0.29, 0.717) is 41.9 Å². The van der Waals surface area contributed by atoms with Crippen LogP contribution in [0.1, 0.15) is 29.9 Å². The first-order valence-corrected chi connectivity index (χ1v) is 16.5. The third-order valence-electron chi connectivity index (χ3n) is 8.55. The third kappa shape index (κ3) is 6.13. The number of fused-ring (bicyclic) bond motifs is 1. The molecule has 0 unspecified atom stereocenters. The maximum Gasteiger partial charge on any atom is 0.177 e. The van der Waals surface area contributed by atoms with Crippen LogP contribution in [0.15, 0.2) is 52.4 Å². The number of piperazine rings is 1. The van der Waals surface area contributed by atoms with Gasteiger partial charge in [-0.05, 0) is 38.1 Å². The number of aliphatic imine (C=N–C) groups is 1. The Labute approximate surface area is 248 Å². The van der Waals surface area contributed by atoms with E-state index in [9.17, 15) is 8.42 Å². The minimum atomic E-state index is -3.43. The van der Waals surface area contributed by atoms with Crippen LogP contribution in [0.4, 0.5) is 22.9 Å². The lowest BCUT2D eigenvalue weighted by Crippen LogP contribution is -2.52. The first-order chi connectivity index (χ1) is 20.3. The van der Waals surface area contributed by atoms with E-state index in [-0.39, 0.29) is 4.90 Å². The summed E-state index contributed by atoms with van der Waals surface area (Å²) in [5.41, 5.74) is 4.10. The second kappa shape index (κ2) is 12.0. The molecule has 0 radical (unpaired) electrons. The number of nitrogens with zero attached hydrogens (tertiary/aromatic N) is 6. The van der Waals surface area contributed by atoms with Crippen molar-refractivity contribution in [2.24, 2.45) is 4.99 Å². The minimum Gasteiger partial charge on any atom is -0.496 e. The maximum atomic E-state index is 12.4. The van der Waals surface area contributed by atoms with Gasteiger partial charge in [0, 0.05) is 87.9 Å². The highest BCUT2D eigenvalue weighted by Gasteiger charge is 2.27. The number of rotatable bonds is 8. The van der Waals surface area contributed by atoms with Crippen molar-refractivity contribution in [3.63, 3.8) is 0 Å². The van der Waals surface area contributed by atoms with Crippen LogP contribution in [0.3, 0.4) is 0 Å². The molecule has 3 aromatic rings. The average Bonchev–Trinajstić information content (AvgIpc) is 3.47. The van der Waals surface area contributed by atoms with Gasteiger partial charge in [-0.1, -0.05) is 18.2 Å². The van der Waals surface area contributed by atoms with Gasteiger partial charge in [0.2, 0.25) is 0 Å². The molecule has 0 saturated carbocycles. The monoisotopic (exact) mass is 589 g/mol. The van der Waals surface area contributed by atoms with Crippen molar-refractivity contribution in [1.82, 2.24) is 19.8 Å². The SMILES string of the molecule is COc1cc(N2CCC(N3CCN(C)CC3)CC2)ccc1Cc1nc2c(c(Nc3ccccc3S(C)(=O)=O)n1)N=CC2. The van der Waals surface area contributed by atoms with Crippen LogP contribution >= 0.6 is 0 Å². The molecule has 3 aliphatic heterocycles. The lowest BCUT2D eigenvalue weighted by atomic mass is 10.0. The Balaban J connectivity index is 1.19. The number of nitrogens with one attached hydrogen (secondary N) is 1. The molecule has 3 aliphatic rings. The van der Waals surface area contributed by atoms with E-state index in [0.717, 1.165) is 43.2 Å². The maximum absolute atomic E-state index is 12.4. The normalized spacial score (nSPS) is 18.3. The zero-order valence-electron chi connectivity index (χ0n) is 24.6. The molecule has 2 aromatic carbocycles. The standard InChI is InChI=1S/C31H39N7O3S/c1-36-16-18-38(19-17-36)23-11-14-37(15-12-23)24-9-8-22(27(21-24)41-2)20-29-33-26-10-13-32-30(26)31(35-29)34-25-6-4-5-7-28(25)42(3,39)40/h4-9,13,21,23H,10-12,14-20H2,1-3H3,(H,33,34,35). The summed E-state index contributed by atoms with van der Waals surface area (Å²) in [5, 5.41) is 3.23. The molecule has 0 amide bonds. The van der Waals surface area contributed by atoms with Gasteiger partial charge >= 0.3 is 0 Å². The summed E-state index contributed by atoms with van der Waals surface area (Å²) < 4.78 is 30.6. The molecule has 1 N–H and O–H groups in total. The summed E-state index contributed by atoms with van der Waals surface area (Å²) >= 11 is 0. The van der Waals surface area contributed by atoms with Gasteiger partial charge in [-0.2, -0.15) is 0 Å². The summed E-state index contributed by atoms with van der Waals surface area (Å²) in [6.45, 7) is 6.73. The van der Waals surface area contributed by atoms with E-state index >= 15 is 0 Å². The molecule has 2 fully saturated rings. The highest BCUT2D eigenvalue weighted by Crippen LogP contribution is 2.35. The van der Waals surface area contributed by atoms with Gasteiger partial charge in [-0.3, -0.25) is 9.89 Å². The van der Waals surface area contributed by atoms with Gasteiger partial charge in [-0.15, -0.1) is 0 Å². The van der Waals surface area contributed by atoms with Crippen molar-refractivity contribution >= 4 is 38.9 Å². The van der Waals surface area contributed by atoms with Crippen LogP contribution in [0.2, 0.25) is 0 Å². The zero-order chi connectivity index (χ0) is 29.3. The van der Waals surface area contributed by atoms with Crippen molar-refractivity contribution in [1.29, 1.82) is 0 Å². The Morgan fingerprint density at radius 2 is 1.76 bits per heavy atom. The Morgan fingerprint density at radius 1 is 1.00 bits per heavy atom. The highest BCUT2D eigenvalue weighted by molar-refractivity contribution is 7.90. The number of ether oxygens (including phenoxy) is 1. The first kappa shape index (κ1) is 28.6. The van der Waals surface area contributed by atoms with Gasteiger partial charge in [0.25, 0.3) is 0 Å². The quantitative estimate of drug-likeness (QED) is 0.421. The van der Waals surface area contributed by atoms with Crippen molar-refractivity contribution < 1.29 is 13.2 Å². The van der Waals surface area contributed by atoms with Crippen LogP contribution < -0.4 is 15.0 Å². The van der Waals surface area contributed by atoms with Gasteiger partial charge in [-0.25, -0.2) is 18.4 Å². The fourth-order valence-electron chi connectivity index (χ4n) is 6.16. The van der Waals surface area contributed by atoms with Gasteiger partial charge in [0.1, 0.15) is 17.3 Å². The molecule has 0 bridgehead atoms. The lowest BCUT2D eigenvalue weighted by molar-refractivity contribution is 0.0982. The van der Waals surface area contributed by atoms with Gasteiger partial charge in [0.05, 0.1) is 23.4 Å². The van der Waals surface area contributed by atoms with E-state index < -0.39 is 9.84 Å². The molecule has 222 valence electrons. The van der Waals surface area contributed by atoms with E-state index in [1.165, 1.54) is 37.9 Å². The highest BCUT2D eigenvalue weighted by atomic mass is 32.2. The lowest BCUT2D eigenvalue weighted by Gasteiger charge is -2.42. The number of hydrogen-bond donors (Lipinski definition) is 1. The largest absolute Gasteiger partial charge is 0.496 e. The second-order valence-corrected chi connectivity index (χ2v) is 13.4. The van der Waals surface area contributed by atoms with Crippen LogP contribution in [0, 0.1) is 0 Å². The summed E-state index contributed by atoms with van der Waals surface area (Å²) in [5.74, 6) is 1.93. The van der Waals surface area contributed by atoms with Crippen molar-refractivity contribution in [2.75, 3.05) is 69.9 Å². The third-order valence-corrected chi connectivity index (χ3v) is 9.71. The van der Waals surface area contributed by atoms with E-state index in [1.54, 1.807) is 37.6 Å². The molecular weight excluding hydrogens is 550 g/mol. The molecule has 2 saturated heterocycles. The Morgan fingerprint density at radius 3 is 2.50 bits per heavy atom. The first-order valence-electron chi connectivity index (χ1n) is 14.6. The van der Waals surface area contributed by atoms with Gasteiger partial charge < -0.3 is 19.9 Å². The van der Waals surface area contributed by atoms with Crippen LogP contribution in [-0.2, 0) is 22.7 Å². The summed E-state index contributed by atoms with van der Waals surface area (Å²) in [4.78, 5) is 21.8. The topological polar surface area (TPSA) is 103 Å². The summed E-state index contributed by atoms with van der Waals surface area (Å²) in [6.07, 6.45) is 6.44. The molecule has 42 heavy (non-hydrogen) atoms. The number of piperidine rings is 1. The van der Waals surface area contributed by atoms with Crippen LogP contribution in [0.25, 0.3) is 0 Å². The van der Waals surface area contributed by atoms with Crippen LogP contribution in [-0.4, -0.2) is 100 Å². The molecule has 0 aliphatic carbocycles. The molecule has 0 atom stereocenters. The fraction of sp³-hybridized carbons (Fsp3) is 0.452. The van der Waals surface area contributed by atoms with Gasteiger partial charge in [0.15, 0.2) is 15.7 Å². The predicted octanol–water partition coefficient (Wildman–Crippen LogP) is 3.70. The molecular formula is C31H39N7O3S. The fourth-order valence-corrected chi connectivity index (χ4v) is 7.01. The molecule has 11 heteroatoms. The number of para-hydroxylation sites is 1. The zero-order valence-corrected chi connectivity index (χ0v) is 25.4. The number of likely N-dealkylation sites (N-methyl/N-ethyl adjacent to an activating group) is 1. The Hall–Kier alpha value is -3.54. The molecule has 0 spiro atoms. The van der Waals surface area contributed by atoms with Crippen molar-refractivity contribution in [3.8, 4) is 5.75 Å². The molecule has 4 heterocycles. The number of hydrogen-bond acceptors (Lipinski definition) is 10. The number of aromatic nitrogens is 2. The number of sulfone groups is 1. The summed E-state index contributed by atoms with van der Waals surface area (Å²) in [7, 11) is 0.482. The molecule has 6 rings (SSSR count). The molecule has 10 nitrogen and oxygen atoms in total. The minimum absolute atomic E-state index is 0.214. The predicted molar refractivity (Wildman–Crippen MR) is 167 cm³/mol. The molecule has 1 aromatic heterocycles. The van der Waals surface area contributed by atoms with E-state index in [2.05, 4.69) is 50.3 Å².